The Labute approximate surface area is 104 Å². The minimum Gasteiger partial charge on any atom is -0.387 e. The van der Waals surface area contributed by atoms with Crippen LogP contribution in [0.2, 0.25) is 0 Å². The average Bonchev–Trinajstić information content (AvgIpc) is 2.94. The Balaban J connectivity index is 1.95. The van der Waals surface area contributed by atoms with E-state index in [0.29, 0.717) is 0 Å². The summed E-state index contributed by atoms with van der Waals surface area (Å²) in [5.41, 5.74) is 5.07. The van der Waals surface area contributed by atoms with Gasteiger partial charge in [0, 0.05) is 17.8 Å². The maximum absolute atomic E-state index is 10.5. The summed E-state index contributed by atoms with van der Waals surface area (Å²) in [5, 5.41) is 10.5. The summed E-state index contributed by atoms with van der Waals surface area (Å²) in [6, 6.07) is 4.07. The van der Waals surface area contributed by atoms with Crippen LogP contribution in [-0.2, 0) is 6.42 Å². The first-order valence-corrected chi connectivity index (χ1v) is 6.67. The van der Waals surface area contributed by atoms with Crippen LogP contribution in [0, 0.1) is 6.92 Å². The van der Waals surface area contributed by atoms with E-state index in [2.05, 4.69) is 16.0 Å². The third-order valence-electron chi connectivity index (χ3n) is 3.43. The van der Waals surface area contributed by atoms with Crippen molar-refractivity contribution in [2.24, 2.45) is 0 Å². The highest BCUT2D eigenvalue weighted by molar-refractivity contribution is 7.09. The molecule has 0 aromatic carbocycles. The lowest BCUT2D eigenvalue weighted by atomic mass is 9.97. The second-order valence-corrected chi connectivity index (χ2v) is 5.33. The molecule has 2 aromatic heterocycles. The summed E-state index contributed by atoms with van der Waals surface area (Å²) in [6.45, 7) is 1.95. The molecule has 0 saturated carbocycles. The van der Waals surface area contributed by atoms with Crippen molar-refractivity contribution in [3.63, 3.8) is 0 Å². The first-order valence-electron chi connectivity index (χ1n) is 5.79. The predicted octanol–water partition coefficient (Wildman–Crippen LogP) is 2.61. The average molecular weight is 246 g/mol. The number of aliphatic hydroxyl groups excluding tert-OH is 1. The highest BCUT2D eigenvalue weighted by atomic mass is 32.1. The number of aliphatic hydroxyl groups is 1. The van der Waals surface area contributed by atoms with E-state index in [1.807, 2.05) is 19.2 Å². The standard InChI is InChI=1S/C13H14N2OS/c1-8-13(17-7-15-8)12(16)10-5-4-9-3-2-6-14-11(9)10/h2-3,6-7,10,12,16H,4-5H2,1H3. The maximum atomic E-state index is 10.5. The van der Waals surface area contributed by atoms with Gasteiger partial charge in [0.1, 0.15) is 0 Å². The van der Waals surface area contributed by atoms with Crippen molar-refractivity contribution in [2.75, 3.05) is 0 Å². The summed E-state index contributed by atoms with van der Waals surface area (Å²) in [6.07, 6.45) is 3.34. The lowest BCUT2D eigenvalue weighted by molar-refractivity contribution is 0.146. The van der Waals surface area contributed by atoms with Gasteiger partial charge in [-0.25, -0.2) is 4.98 Å². The Bertz CT molecular complexity index is 538. The van der Waals surface area contributed by atoms with Crippen molar-refractivity contribution in [1.82, 2.24) is 9.97 Å². The van der Waals surface area contributed by atoms with Crippen LogP contribution in [0.5, 0.6) is 0 Å². The SMILES string of the molecule is Cc1ncsc1C(O)C1CCc2cccnc21. The van der Waals surface area contributed by atoms with E-state index in [1.54, 1.807) is 5.51 Å². The number of hydrogen-bond acceptors (Lipinski definition) is 4. The number of aromatic nitrogens is 2. The molecule has 2 atom stereocenters. The van der Waals surface area contributed by atoms with E-state index in [4.69, 9.17) is 0 Å². The van der Waals surface area contributed by atoms with Gasteiger partial charge in [0.25, 0.3) is 0 Å². The molecule has 2 aromatic rings. The molecule has 0 saturated heterocycles. The first kappa shape index (κ1) is 10.9. The number of rotatable bonds is 2. The van der Waals surface area contributed by atoms with E-state index >= 15 is 0 Å². The maximum Gasteiger partial charge on any atom is 0.0984 e. The molecule has 88 valence electrons. The molecule has 0 amide bonds. The van der Waals surface area contributed by atoms with E-state index in [9.17, 15) is 5.11 Å². The van der Waals surface area contributed by atoms with Crippen LogP contribution in [0.25, 0.3) is 0 Å². The molecule has 2 heterocycles. The van der Waals surface area contributed by atoms with Gasteiger partial charge in [0.2, 0.25) is 0 Å². The van der Waals surface area contributed by atoms with E-state index in [0.717, 1.165) is 29.1 Å². The summed E-state index contributed by atoms with van der Waals surface area (Å²) in [5.74, 6) is 0.130. The first-order chi connectivity index (χ1) is 8.27. The topological polar surface area (TPSA) is 46.0 Å². The second kappa shape index (κ2) is 4.20. The van der Waals surface area contributed by atoms with Crippen LogP contribution in [0.4, 0.5) is 0 Å². The van der Waals surface area contributed by atoms with Crippen LogP contribution >= 0.6 is 11.3 Å². The number of aryl methyl sites for hydroxylation is 2. The molecule has 4 heteroatoms. The molecular formula is C13H14N2OS. The molecule has 0 fully saturated rings. The largest absolute Gasteiger partial charge is 0.387 e. The van der Waals surface area contributed by atoms with Crippen molar-refractivity contribution in [1.29, 1.82) is 0 Å². The Morgan fingerprint density at radius 2 is 2.35 bits per heavy atom. The molecule has 1 aliphatic carbocycles. The predicted molar refractivity (Wildman–Crippen MR) is 67.1 cm³/mol. The van der Waals surface area contributed by atoms with Gasteiger partial charge in [0.05, 0.1) is 22.2 Å². The van der Waals surface area contributed by atoms with E-state index < -0.39 is 6.10 Å². The Kier molecular flexibility index (Phi) is 2.68. The van der Waals surface area contributed by atoms with Crippen LogP contribution < -0.4 is 0 Å². The fraction of sp³-hybridized carbons (Fsp3) is 0.385. The molecule has 3 nitrogen and oxygen atoms in total. The van der Waals surface area contributed by atoms with Gasteiger partial charge in [-0.05, 0) is 31.4 Å². The summed E-state index contributed by atoms with van der Waals surface area (Å²) in [7, 11) is 0. The molecule has 3 rings (SSSR count). The smallest absolute Gasteiger partial charge is 0.0984 e. The highest BCUT2D eigenvalue weighted by Gasteiger charge is 2.32. The molecule has 0 bridgehead atoms. The van der Waals surface area contributed by atoms with Crippen molar-refractivity contribution >= 4 is 11.3 Å². The molecule has 0 radical (unpaired) electrons. The quantitative estimate of drug-likeness (QED) is 0.886. The van der Waals surface area contributed by atoms with Crippen molar-refractivity contribution in [3.05, 3.63) is 45.7 Å². The van der Waals surface area contributed by atoms with Gasteiger partial charge in [-0.3, -0.25) is 4.98 Å². The van der Waals surface area contributed by atoms with Gasteiger partial charge >= 0.3 is 0 Å². The molecule has 17 heavy (non-hydrogen) atoms. The second-order valence-electron chi connectivity index (χ2n) is 4.44. The monoisotopic (exact) mass is 246 g/mol. The summed E-state index contributed by atoms with van der Waals surface area (Å²) in [4.78, 5) is 9.61. The number of thiazole rings is 1. The minimum atomic E-state index is -0.460. The molecule has 0 spiro atoms. The van der Waals surface area contributed by atoms with Crippen molar-refractivity contribution < 1.29 is 5.11 Å². The zero-order valence-electron chi connectivity index (χ0n) is 9.63. The lowest BCUT2D eigenvalue weighted by Crippen LogP contribution is -2.09. The normalized spacial score (nSPS) is 20.2. The van der Waals surface area contributed by atoms with E-state index in [1.165, 1.54) is 16.9 Å². The fourth-order valence-electron chi connectivity index (χ4n) is 2.53. The Hall–Kier alpha value is -1.26. The molecule has 0 aliphatic heterocycles. The lowest BCUT2D eigenvalue weighted by Gasteiger charge is -2.17. The van der Waals surface area contributed by atoms with Gasteiger partial charge < -0.3 is 5.11 Å². The number of fused-ring (bicyclic) bond motifs is 1. The van der Waals surface area contributed by atoms with E-state index in [-0.39, 0.29) is 5.92 Å². The van der Waals surface area contributed by atoms with Gasteiger partial charge in [0.15, 0.2) is 0 Å². The fourth-order valence-corrected chi connectivity index (χ4v) is 3.38. The molecule has 2 unspecified atom stereocenters. The highest BCUT2D eigenvalue weighted by Crippen LogP contribution is 2.41. The number of nitrogens with zero attached hydrogens (tertiary/aromatic N) is 2. The van der Waals surface area contributed by atoms with Crippen LogP contribution in [0.3, 0.4) is 0 Å². The van der Waals surface area contributed by atoms with Crippen LogP contribution in [0.1, 0.15) is 40.3 Å². The zero-order chi connectivity index (χ0) is 11.8. The van der Waals surface area contributed by atoms with Crippen LogP contribution in [0.15, 0.2) is 23.8 Å². The molecule has 1 aliphatic rings. The van der Waals surface area contributed by atoms with Crippen LogP contribution in [-0.4, -0.2) is 15.1 Å². The third-order valence-corrected chi connectivity index (χ3v) is 4.44. The third kappa shape index (κ3) is 1.77. The van der Waals surface area contributed by atoms with Gasteiger partial charge in [-0.1, -0.05) is 6.07 Å². The zero-order valence-corrected chi connectivity index (χ0v) is 10.4. The van der Waals surface area contributed by atoms with Gasteiger partial charge in [-0.15, -0.1) is 11.3 Å². The Morgan fingerprint density at radius 1 is 1.47 bits per heavy atom. The van der Waals surface area contributed by atoms with Gasteiger partial charge in [-0.2, -0.15) is 0 Å². The van der Waals surface area contributed by atoms with Crippen molar-refractivity contribution in [3.8, 4) is 0 Å². The van der Waals surface area contributed by atoms with Crippen molar-refractivity contribution in [2.45, 2.75) is 31.8 Å². The molecular weight excluding hydrogens is 232 g/mol. The number of hydrogen-bond donors (Lipinski definition) is 1. The molecule has 1 N–H and O–H groups in total. The minimum absolute atomic E-state index is 0.130. The summed E-state index contributed by atoms with van der Waals surface area (Å²) < 4.78 is 0. The summed E-state index contributed by atoms with van der Waals surface area (Å²) >= 11 is 1.53. The number of pyridine rings is 1. The Morgan fingerprint density at radius 3 is 3.12 bits per heavy atom.